The monoisotopic (exact) mass is 638 g/mol. The van der Waals surface area contributed by atoms with Crippen molar-refractivity contribution in [3.05, 3.63) is 43.3 Å². The van der Waals surface area contributed by atoms with E-state index in [1.807, 2.05) is 12.1 Å². The molecule has 2 heterocycles. The Morgan fingerprint density at radius 3 is 1.50 bits per heavy atom. The molecule has 0 aromatic carbocycles. The highest BCUT2D eigenvalue weighted by molar-refractivity contribution is 14.1. The van der Waals surface area contributed by atoms with E-state index in [0.29, 0.717) is 24.4 Å². The van der Waals surface area contributed by atoms with Gasteiger partial charge in [-0.25, -0.2) is 10.9 Å². The van der Waals surface area contributed by atoms with Crippen LogP contribution in [0, 0.1) is 7.53 Å². The molecule has 0 unspecified atom stereocenters. The van der Waals surface area contributed by atoms with Crippen LogP contribution in [0.2, 0.25) is 0 Å². The number of nitrogens with zero attached hydrogens (tertiary/aromatic N) is 2. The quantitative estimate of drug-likeness (QED) is 0.142. The molecule has 0 saturated heterocycles. The van der Waals surface area contributed by atoms with Gasteiger partial charge in [0.2, 0.25) is 11.8 Å². The maximum atomic E-state index is 11.7. The molecule has 2 aromatic heterocycles. The van der Waals surface area contributed by atoms with Crippen LogP contribution in [0.1, 0.15) is 62.9 Å². The van der Waals surface area contributed by atoms with Gasteiger partial charge in [0.1, 0.15) is 11.5 Å². The summed E-state index contributed by atoms with van der Waals surface area (Å²) in [5.74, 6) is 1.00. The van der Waals surface area contributed by atoms with E-state index in [-0.39, 0.29) is 11.8 Å². The van der Waals surface area contributed by atoms with Crippen LogP contribution in [0.15, 0.2) is 43.3 Å². The fourth-order valence-electron chi connectivity index (χ4n) is 2.52. The van der Waals surface area contributed by atoms with Crippen LogP contribution in [0.25, 0.3) is 0 Å². The predicted molar refractivity (Wildman–Crippen MR) is 131 cm³/mol. The van der Waals surface area contributed by atoms with E-state index in [9.17, 15) is 9.59 Å². The maximum Gasteiger partial charge on any atom is 0.240 e. The van der Waals surface area contributed by atoms with Crippen molar-refractivity contribution in [2.45, 2.75) is 51.4 Å². The van der Waals surface area contributed by atoms with Gasteiger partial charge in [-0.05, 0) is 82.3 Å². The van der Waals surface area contributed by atoms with Gasteiger partial charge in [-0.1, -0.05) is 25.7 Å². The number of hydrogen-bond donors (Lipinski definition) is 2. The van der Waals surface area contributed by atoms with Gasteiger partial charge in [0, 0.05) is 12.8 Å². The molecule has 0 saturated carbocycles. The van der Waals surface area contributed by atoms with Crippen LogP contribution < -0.4 is 10.9 Å². The predicted octanol–water partition coefficient (Wildman–Crippen LogP) is 4.80. The molecule has 0 aliphatic rings. The first-order chi connectivity index (χ1) is 14.5. The summed E-state index contributed by atoms with van der Waals surface area (Å²) in [6.07, 6.45) is 9.54. The molecule has 2 amide bonds. The Morgan fingerprint density at radius 2 is 1.13 bits per heavy atom. The molecule has 0 atom stereocenters. The van der Waals surface area contributed by atoms with Crippen molar-refractivity contribution in [3.63, 3.8) is 0 Å². The van der Waals surface area contributed by atoms with Gasteiger partial charge in [0.25, 0.3) is 0 Å². The summed E-state index contributed by atoms with van der Waals surface area (Å²) in [5, 5.41) is 7.75. The minimum absolute atomic E-state index is 0.103. The van der Waals surface area contributed by atoms with Gasteiger partial charge >= 0.3 is 0 Å². The van der Waals surface area contributed by atoms with Crippen LogP contribution in [-0.2, 0) is 9.59 Å². The molecule has 2 rings (SSSR count). The van der Waals surface area contributed by atoms with Crippen molar-refractivity contribution < 1.29 is 18.4 Å². The van der Waals surface area contributed by atoms with Crippen LogP contribution in [-0.4, -0.2) is 24.2 Å². The molecule has 0 bridgehead atoms. The zero-order chi connectivity index (χ0) is 21.6. The molecular formula is C20H24I2N4O4. The summed E-state index contributed by atoms with van der Waals surface area (Å²) in [4.78, 5) is 23.4. The molecule has 0 aliphatic heterocycles. The fraction of sp³-hybridized carbons (Fsp3) is 0.400. The number of rotatable bonds is 13. The molecule has 30 heavy (non-hydrogen) atoms. The zero-order valence-corrected chi connectivity index (χ0v) is 20.7. The molecular weight excluding hydrogens is 614 g/mol. The zero-order valence-electron chi connectivity index (χ0n) is 16.4. The van der Waals surface area contributed by atoms with E-state index < -0.39 is 0 Å². The lowest BCUT2D eigenvalue weighted by atomic mass is 10.1. The van der Waals surface area contributed by atoms with E-state index >= 15 is 0 Å². The van der Waals surface area contributed by atoms with Crippen LogP contribution in [0.4, 0.5) is 0 Å². The molecule has 2 aromatic rings. The molecule has 10 heteroatoms. The number of carbonyl (C=O) groups excluding carboxylic acids is 2. The summed E-state index contributed by atoms with van der Waals surface area (Å²) < 4.78 is 12.2. The average molecular weight is 638 g/mol. The minimum Gasteiger partial charge on any atom is -0.449 e. The number of carbonyl (C=O) groups is 2. The summed E-state index contributed by atoms with van der Waals surface area (Å²) >= 11 is 4.13. The Kier molecular flexibility index (Phi) is 11.7. The third-order valence-corrected chi connectivity index (χ3v) is 5.17. The number of hydrogen-bond acceptors (Lipinski definition) is 6. The largest absolute Gasteiger partial charge is 0.449 e. The minimum atomic E-state index is -0.103. The van der Waals surface area contributed by atoms with Crippen LogP contribution >= 0.6 is 45.2 Å². The van der Waals surface area contributed by atoms with Crippen molar-refractivity contribution in [2.75, 3.05) is 0 Å². The SMILES string of the molecule is O=C(CCCCCCCCC(=O)NN=Cc1ccc(I)o1)NN=Cc1ccc(I)o1. The second kappa shape index (κ2) is 14.3. The van der Waals surface area contributed by atoms with Crippen LogP contribution in [0.3, 0.4) is 0 Å². The van der Waals surface area contributed by atoms with Crippen molar-refractivity contribution in [3.8, 4) is 0 Å². The Balaban J connectivity index is 1.41. The highest BCUT2D eigenvalue weighted by Crippen LogP contribution is 2.10. The van der Waals surface area contributed by atoms with Gasteiger partial charge in [-0.2, -0.15) is 10.2 Å². The van der Waals surface area contributed by atoms with Gasteiger partial charge in [0.15, 0.2) is 7.53 Å². The molecule has 0 radical (unpaired) electrons. The lowest BCUT2D eigenvalue weighted by Gasteiger charge is -2.02. The lowest BCUT2D eigenvalue weighted by Crippen LogP contribution is -2.17. The number of amides is 2. The Morgan fingerprint density at radius 1 is 0.733 bits per heavy atom. The highest BCUT2D eigenvalue weighted by atomic mass is 127. The fourth-order valence-corrected chi connectivity index (χ4v) is 3.39. The lowest BCUT2D eigenvalue weighted by molar-refractivity contribution is -0.122. The van der Waals surface area contributed by atoms with Crippen molar-refractivity contribution in [2.24, 2.45) is 10.2 Å². The van der Waals surface area contributed by atoms with Crippen molar-refractivity contribution >= 4 is 69.4 Å². The number of halogens is 2. The van der Waals surface area contributed by atoms with Crippen molar-refractivity contribution in [1.29, 1.82) is 0 Å². The first kappa shape index (κ1) is 24.6. The van der Waals surface area contributed by atoms with E-state index in [1.54, 1.807) is 12.1 Å². The molecule has 8 nitrogen and oxygen atoms in total. The first-order valence-electron chi connectivity index (χ1n) is 9.67. The smallest absolute Gasteiger partial charge is 0.240 e. The molecule has 0 fully saturated rings. The third kappa shape index (κ3) is 10.9. The number of unbranched alkanes of at least 4 members (excludes halogenated alkanes) is 5. The Labute approximate surface area is 202 Å². The summed E-state index contributed by atoms with van der Waals surface area (Å²) in [7, 11) is 0. The highest BCUT2D eigenvalue weighted by Gasteiger charge is 2.02. The van der Waals surface area contributed by atoms with E-state index in [4.69, 9.17) is 8.83 Å². The topological polar surface area (TPSA) is 109 Å². The van der Waals surface area contributed by atoms with Gasteiger partial charge < -0.3 is 8.83 Å². The standard InChI is InChI=1S/C20H24I2N4O4/c21-17-11-9-15(29-17)13-23-25-19(27)7-5-3-1-2-4-6-8-20(28)26-24-14-16-10-12-18(22)30-16/h9-14H,1-8H2,(H,25,27)(H,26,28). The number of hydrazone groups is 2. The summed E-state index contributed by atoms with van der Waals surface area (Å²) in [5.41, 5.74) is 5.00. The summed E-state index contributed by atoms with van der Waals surface area (Å²) in [6.45, 7) is 0. The number of nitrogens with one attached hydrogen (secondary N) is 2. The molecule has 162 valence electrons. The van der Waals surface area contributed by atoms with Crippen molar-refractivity contribution in [1.82, 2.24) is 10.9 Å². The van der Waals surface area contributed by atoms with E-state index in [1.165, 1.54) is 12.4 Å². The Hall–Kier alpha value is -1.70. The molecule has 2 N–H and O–H groups in total. The second-order valence-electron chi connectivity index (χ2n) is 6.49. The molecule has 0 aliphatic carbocycles. The Bertz CT molecular complexity index is 790. The second-order valence-corrected chi connectivity index (χ2v) is 8.62. The summed E-state index contributed by atoms with van der Waals surface area (Å²) in [6, 6.07) is 7.23. The molecule has 0 spiro atoms. The maximum absolute atomic E-state index is 11.7. The van der Waals surface area contributed by atoms with Gasteiger partial charge in [-0.15, -0.1) is 0 Å². The average Bonchev–Trinajstić information content (AvgIpc) is 3.31. The first-order valence-corrected chi connectivity index (χ1v) is 11.8. The van der Waals surface area contributed by atoms with Gasteiger partial charge in [0.05, 0.1) is 12.4 Å². The normalized spacial score (nSPS) is 11.4. The van der Waals surface area contributed by atoms with E-state index in [0.717, 1.165) is 46.1 Å². The van der Waals surface area contributed by atoms with Gasteiger partial charge in [-0.3, -0.25) is 9.59 Å². The number of furan rings is 2. The third-order valence-electron chi connectivity index (χ3n) is 4.01. The van der Waals surface area contributed by atoms with Crippen LogP contribution in [0.5, 0.6) is 0 Å². The van der Waals surface area contributed by atoms with E-state index in [2.05, 4.69) is 66.2 Å².